The molecule has 0 unspecified atom stereocenters. The van der Waals surface area contributed by atoms with Crippen LogP contribution in [-0.4, -0.2) is 37.3 Å². The molecule has 0 radical (unpaired) electrons. The maximum Gasteiger partial charge on any atom is 0.163 e. The summed E-state index contributed by atoms with van der Waals surface area (Å²) in [6.45, 7) is 1.24. The van der Waals surface area contributed by atoms with Gasteiger partial charge in [-0.2, -0.15) is 0 Å². The van der Waals surface area contributed by atoms with Crippen LogP contribution in [0.5, 0.6) is 11.5 Å². The summed E-state index contributed by atoms with van der Waals surface area (Å²) >= 11 is 0. The zero-order valence-corrected chi connectivity index (χ0v) is 15.2. The summed E-state index contributed by atoms with van der Waals surface area (Å²) in [5.41, 5.74) is 7.67. The van der Waals surface area contributed by atoms with Gasteiger partial charge in [-0.3, -0.25) is 0 Å². The molecule has 0 fully saturated rings. The maximum atomic E-state index is 5.66. The van der Waals surface area contributed by atoms with Crippen LogP contribution in [0.15, 0.2) is 42.5 Å². The number of hydrogen-bond donors (Lipinski definition) is 2. The molecule has 3 N–H and O–H groups in total. The Hall–Kier alpha value is -2.86. The normalized spacial score (nSPS) is 10.7. The van der Waals surface area contributed by atoms with Gasteiger partial charge in [0, 0.05) is 18.4 Å². The highest BCUT2D eigenvalue weighted by atomic mass is 16.5. The van der Waals surface area contributed by atoms with E-state index in [-0.39, 0.29) is 0 Å². The molecule has 0 aliphatic carbocycles. The Kier molecular flexibility index (Phi) is 5.86. The standard InChI is InChI=1S/C20H24N4O2/c1-25-17-9-5-6-14(19(17)26-2)11-13-22-20-15-7-3-4-8-16(15)23-18(24-20)10-12-21/h3-9H,10-13,21H2,1-2H3,(H,22,23,24). The van der Waals surface area contributed by atoms with Gasteiger partial charge in [0.2, 0.25) is 0 Å². The van der Waals surface area contributed by atoms with Crippen molar-refractivity contribution in [1.29, 1.82) is 0 Å². The zero-order valence-electron chi connectivity index (χ0n) is 15.2. The molecule has 3 rings (SSSR count). The number of nitrogens with two attached hydrogens (primary N) is 1. The van der Waals surface area contributed by atoms with Crippen molar-refractivity contribution >= 4 is 16.7 Å². The fourth-order valence-electron chi connectivity index (χ4n) is 2.97. The molecular weight excluding hydrogens is 328 g/mol. The number of para-hydroxylation sites is 2. The fourth-order valence-corrected chi connectivity index (χ4v) is 2.97. The average Bonchev–Trinajstić information content (AvgIpc) is 2.68. The number of benzene rings is 2. The van der Waals surface area contributed by atoms with Gasteiger partial charge in [-0.1, -0.05) is 24.3 Å². The zero-order chi connectivity index (χ0) is 18.4. The van der Waals surface area contributed by atoms with Crippen molar-refractivity contribution < 1.29 is 9.47 Å². The van der Waals surface area contributed by atoms with E-state index >= 15 is 0 Å². The number of nitrogens with one attached hydrogen (secondary N) is 1. The van der Waals surface area contributed by atoms with E-state index in [2.05, 4.69) is 15.3 Å². The predicted octanol–water partition coefficient (Wildman–Crippen LogP) is 2.80. The van der Waals surface area contributed by atoms with E-state index in [0.29, 0.717) is 19.5 Å². The third-order valence-electron chi connectivity index (χ3n) is 4.19. The molecule has 0 aliphatic heterocycles. The summed E-state index contributed by atoms with van der Waals surface area (Å²) in [4.78, 5) is 9.21. The monoisotopic (exact) mass is 352 g/mol. The Morgan fingerprint density at radius 3 is 2.58 bits per heavy atom. The molecule has 2 aromatic carbocycles. The van der Waals surface area contributed by atoms with Gasteiger partial charge in [0.05, 0.1) is 19.7 Å². The summed E-state index contributed by atoms with van der Waals surface area (Å²) in [5.74, 6) is 3.10. The molecule has 0 bridgehead atoms. The van der Waals surface area contributed by atoms with Crippen LogP contribution in [0.1, 0.15) is 11.4 Å². The largest absolute Gasteiger partial charge is 0.493 e. The number of fused-ring (bicyclic) bond motifs is 1. The van der Waals surface area contributed by atoms with Gasteiger partial charge in [0.15, 0.2) is 11.5 Å². The molecule has 0 spiro atoms. The lowest BCUT2D eigenvalue weighted by atomic mass is 10.1. The molecule has 136 valence electrons. The van der Waals surface area contributed by atoms with Gasteiger partial charge in [-0.15, -0.1) is 0 Å². The third-order valence-corrected chi connectivity index (χ3v) is 4.19. The first kappa shape index (κ1) is 17.9. The molecule has 0 saturated carbocycles. The molecular formula is C20H24N4O2. The van der Waals surface area contributed by atoms with Crippen molar-refractivity contribution in [3.8, 4) is 11.5 Å². The Balaban J connectivity index is 1.80. The van der Waals surface area contributed by atoms with Gasteiger partial charge in [0.1, 0.15) is 11.6 Å². The Morgan fingerprint density at radius 1 is 0.962 bits per heavy atom. The minimum absolute atomic E-state index is 0.527. The average molecular weight is 352 g/mol. The number of ether oxygens (including phenoxy) is 2. The van der Waals surface area contributed by atoms with E-state index < -0.39 is 0 Å². The predicted molar refractivity (Wildman–Crippen MR) is 104 cm³/mol. The van der Waals surface area contributed by atoms with Crippen LogP contribution in [-0.2, 0) is 12.8 Å². The third kappa shape index (κ3) is 3.86. The van der Waals surface area contributed by atoms with Gasteiger partial charge >= 0.3 is 0 Å². The number of anilines is 1. The van der Waals surface area contributed by atoms with Crippen LogP contribution in [0.25, 0.3) is 10.9 Å². The SMILES string of the molecule is COc1cccc(CCNc2nc(CCN)nc3ccccc23)c1OC. The molecule has 6 nitrogen and oxygen atoms in total. The van der Waals surface area contributed by atoms with Crippen LogP contribution in [0.3, 0.4) is 0 Å². The van der Waals surface area contributed by atoms with Crippen LogP contribution in [0, 0.1) is 0 Å². The molecule has 0 saturated heterocycles. The number of rotatable bonds is 8. The second kappa shape index (κ2) is 8.49. The molecule has 0 amide bonds. The highest BCUT2D eigenvalue weighted by Gasteiger charge is 2.10. The Bertz CT molecular complexity index is 883. The van der Waals surface area contributed by atoms with E-state index in [4.69, 9.17) is 15.2 Å². The second-order valence-corrected chi connectivity index (χ2v) is 5.87. The fraction of sp³-hybridized carbons (Fsp3) is 0.300. The van der Waals surface area contributed by atoms with E-state index in [1.807, 2.05) is 42.5 Å². The second-order valence-electron chi connectivity index (χ2n) is 5.87. The van der Waals surface area contributed by atoms with E-state index in [9.17, 15) is 0 Å². The molecule has 26 heavy (non-hydrogen) atoms. The number of nitrogens with zero attached hydrogens (tertiary/aromatic N) is 2. The first-order valence-corrected chi connectivity index (χ1v) is 8.66. The minimum Gasteiger partial charge on any atom is -0.493 e. The van der Waals surface area contributed by atoms with E-state index in [1.165, 1.54) is 0 Å². The van der Waals surface area contributed by atoms with Crippen molar-refractivity contribution in [2.24, 2.45) is 5.73 Å². The Labute approximate surface area is 153 Å². The van der Waals surface area contributed by atoms with Crippen LogP contribution in [0.4, 0.5) is 5.82 Å². The van der Waals surface area contributed by atoms with Gasteiger partial charge < -0.3 is 20.5 Å². The van der Waals surface area contributed by atoms with Crippen molar-refractivity contribution in [3.05, 3.63) is 53.9 Å². The lowest BCUT2D eigenvalue weighted by Crippen LogP contribution is -2.12. The van der Waals surface area contributed by atoms with Gasteiger partial charge in [-0.05, 0) is 36.7 Å². The molecule has 0 aliphatic rings. The van der Waals surface area contributed by atoms with E-state index in [0.717, 1.165) is 46.0 Å². The first-order valence-electron chi connectivity index (χ1n) is 8.66. The summed E-state index contributed by atoms with van der Waals surface area (Å²) < 4.78 is 10.9. The van der Waals surface area contributed by atoms with Crippen molar-refractivity contribution in [3.63, 3.8) is 0 Å². The minimum atomic E-state index is 0.527. The Morgan fingerprint density at radius 2 is 1.81 bits per heavy atom. The topological polar surface area (TPSA) is 82.3 Å². The highest BCUT2D eigenvalue weighted by molar-refractivity contribution is 5.88. The van der Waals surface area contributed by atoms with Gasteiger partial charge in [0.25, 0.3) is 0 Å². The smallest absolute Gasteiger partial charge is 0.163 e. The summed E-state index contributed by atoms with van der Waals surface area (Å²) in [5, 5.41) is 4.44. The number of hydrogen-bond acceptors (Lipinski definition) is 6. The molecule has 1 heterocycles. The first-order chi connectivity index (χ1) is 12.8. The van der Waals surface area contributed by atoms with Crippen LogP contribution in [0.2, 0.25) is 0 Å². The summed E-state index contributed by atoms with van der Waals surface area (Å²) in [6, 6.07) is 13.9. The molecule has 6 heteroatoms. The summed E-state index contributed by atoms with van der Waals surface area (Å²) in [6.07, 6.45) is 1.44. The van der Waals surface area contributed by atoms with Crippen molar-refractivity contribution in [1.82, 2.24) is 9.97 Å². The highest BCUT2D eigenvalue weighted by Crippen LogP contribution is 2.31. The maximum absolute atomic E-state index is 5.66. The van der Waals surface area contributed by atoms with Crippen LogP contribution >= 0.6 is 0 Å². The molecule has 0 atom stereocenters. The number of aromatic nitrogens is 2. The molecule has 1 aromatic heterocycles. The van der Waals surface area contributed by atoms with Crippen molar-refractivity contribution in [2.75, 3.05) is 32.6 Å². The molecule has 3 aromatic rings. The van der Waals surface area contributed by atoms with Gasteiger partial charge in [-0.25, -0.2) is 9.97 Å². The van der Waals surface area contributed by atoms with Crippen molar-refractivity contribution in [2.45, 2.75) is 12.8 Å². The van der Waals surface area contributed by atoms with E-state index in [1.54, 1.807) is 14.2 Å². The summed E-state index contributed by atoms with van der Waals surface area (Å²) in [7, 11) is 3.30. The lowest BCUT2D eigenvalue weighted by Gasteiger charge is -2.14. The number of methoxy groups -OCH3 is 2. The quantitative estimate of drug-likeness (QED) is 0.649. The lowest BCUT2D eigenvalue weighted by molar-refractivity contribution is 0.352. The van der Waals surface area contributed by atoms with Crippen LogP contribution < -0.4 is 20.5 Å².